The molecule has 2 atom stereocenters. The second-order valence-corrected chi connectivity index (χ2v) is 4.80. The van der Waals surface area contributed by atoms with Crippen LogP contribution in [0.3, 0.4) is 0 Å². The number of nitrogens with one attached hydrogen (secondary N) is 1. The average Bonchev–Trinajstić information content (AvgIpc) is 2.50. The first-order valence-electron chi connectivity index (χ1n) is 6.32. The smallest absolute Gasteiger partial charge is 0.123 e. The molecule has 0 unspecified atom stereocenters. The Balaban J connectivity index is 2.22. The maximum absolute atomic E-state index is 9.54. The lowest BCUT2D eigenvalue weighted by atomic mass is 10.0. The summed E-state index contributed by atoms with van der Waals surface area (Å²) in [6, 6.07) is 18.1. The molecule has 0 spiro atoms. The number of halogens is 1. The van der Waals surface area contributed by atoms with Gasteiger partial charge in [-0.05, 0) is 11.6 Å². The van der Waals surface area contributed by atoms with Gasteiger partial charge in [0.15, 0.2) is 0 Å². The summed E-state index contributed by atoms with van der Waals surface area (Å²) in [7, 11) is 0. The first kappa shape index (κ1) is 14.5. The highest BCUT2D eigenvalue weighted by atomic mass is 35.5. The van der Waals surface area contributed by atoms with E-state index in [-0.39, 0.29) is 12.6 Å². The van der Waals surface area contributed by atoms with E-state index in [2.05, 4.69) is 11.4 Å². The van der Waals surface area contributed by atoms with Crippen molar-refractivity contribution in [2.75, 3.05) is 6.61 Å². The summed E-state index contributed by atoms with van der Waals surface area (Å²) in [6.45, 7) is -0.0906. The van der Waals surface area contributed by atoms with E-state index in [4.69, 9.17) is 11.6 Å². The number of rotatable bonds is 5. The molecule has 0 aliphatic heterocycles. The summed E-state index contributed by atoms with van der Waals surface area (Å²) in [5.41, 5.74) is 1.65. The number of hydrogen-bond donors (Lipinski definition) is 2. The number of nitriles is 1. The number of nitrogens with zero attached hydrogens (tertiary/aromatic N) is 1. The quantitative estimate of drug-likeness (QED) is 0.887. The van der Waals surface area contributed by atoms with Gasteiger partial charge < -0.3 is 5.11 Å². The van der Waals surface area contributed by atoms with Crippen LogP contribution in [-0.4, -0.2) is 11.7 Å². The third-order valence-electron chi connectivity index (χ3n) is 3.10. The predicted molar refractivity (Wildman–Crippen MR) is 79.2 cm³/mol. The summed E-state index contributed by atoms with van der Waals surface area (Å²) >= 11 is 6.12. The molecule has 0 aliphatic carbocycles. The predicted octanol–water partition coefficient (Wildman–Crippen LogP) is 3.23. The van der Waals surface area contributed by atoms with E-state index >= 15 is 0 Å². The van der Waals surface area contributed by atoms with Gasteiger partial charge in [0.05, 0.1) is 18.7 Å². The van der Waals surface area contributed by atoms with Crippen LogP contribution in [0.2, 0.25) is 5.02 Å². The Morgan fingerprint density at radius 1 is 1.10 bits per heavy atom. The van der Waals surface area contributed by atoms with Crippen LogP contribution in [0.4, 0.5) is 0 Å². The standard InChI is InChI=1S/C16H15ClN2O/c17-14-9-5-4-8-13(14)15(10-18)19-16(11-20)12-6-2-1-3-7-12/h1-9,15-16,19-20H,11H2/t15-,16+/m1/s1. The van der Waals surface area contributed by atoms with Gasteiger partial charge in [0.25, 0.3) is 0 Å². The van der Waals surface area contributed by atoms with E-state index in [0.29, 0.717) is 10.6 Å². The Kier molecular flexibility index (Phi) is 5.14. The van der Waals surface area contributed by atoms with Gasteiger partial charge >= 0.3 is 0 Å². The summed E-state index contributed by atoms with van der Waals surface area (Å²) in [6.07, 6.45) is 0. The van der Waals surface area contributed by atoms with Gasteiger partial charge in [0.1, 0.15) is 6.04 Å². The maximum Gasteiger partial charge on any atom is 0.123 e. The highest BCUT2D eigenvalue weighted by Gasteiger charge is 2.19. The lowest BCUT2D eigenvalue weighted by molar-refractivity contribution is 0.239. The van der Waals surface area contributed by atoms with E-state index in [0.717, 1.165) is 5.56 Å². The lowest BCUT2D eigenvalue weighted by Gasteiger charge is -2.21. The second kappa shape index (κ2) is 7.06. The van der Waals surface area contributed by atoms with E-state index in [1.165, 1.54) is 0 Å². The van der Waals surface area contributed by atoms with Crippen LogP contribution in [0.1, 0.15) is 23.2 Å². The van der Waals surface area contributed by atoms with Crippen LogP contribution in [-0.2, 0) is 0 Å². The molecule has 0 heterocycles. The number of aliphatic hydroxyl groups excluding tert-OH is 1. The van der Waals surface area contributed by atoms with Crippen molar-refractivity contribution < 1.29 is 5.11 Å². The van der Waals surface area contributed by atoms with Gasteiger partial charge in [-0.2, -0.15) is 5.26 Å². The van der Waals surface area contributed by atoms with Crippen LogP contribution in [0, 0.1) is 11.3 Å². The van der Waals surface area contributed by atoms with Gasteiger partial charge in [-0.25, -0.2) is 0 Å². The van der Waals surface area contributed by atoms with Crippen LogP contribution in [0.5, 0.6) is 0 Å². The van der Waals surface area contributed by atoms with Crippen LogP contribution >= 0.6 is 11.6 Å². The number of aliphatic hydroxyl groups is 1. The fourth-order valence-corrected chi connectivity index (χ4v) is 2.29. The summed E-state index contributed by atoms with van der Waals surface area (Å²) < 4.78 is 0. The fourth-order valence-electron chi connectivity index (χ4n) is 2.05. The zero-order chi connectivity index (χ0) is 14.4. The normalized spacial score (nSPS) is 13.4. The highest BCUT2D eigenvalue weighted by molar-refractivity contribution is 6.31. The molecule has 0 bridgehead atoms. The minimum absolute atomic E-state index is 0.0906. The molecule has 0 aromatic heterocycles. The zero-order valence-corrected chi connectivity index (χ0v) is 11.6. The minimum atomic E-state index is -0.568. The van der Waals surface area contributed by atoms with Gasteiger partial charge in [0, 0.05) is 10.6 Å². The van der Waals surface area contributed by atoms with Gasteiger partial charge in [-0.3, -0.25) is 5.32 Å². The van der Waals surface area contributed by atoms with Crippen LogP contribution in [0.15, 0.2) is 54.6 Å². The molecule has 0 fully saturated rings. The van der Waals surface area contributed by atoms with E-state index in [1.807, 2.05) is 48.5 Å². The van der Waals surface area contributed by atoms with Crippen molar-refractivity contribution in [3.05, 3.63) is 70.7 Å². The Morgan fingerprint density at radius 3 is 2.35 bits per heavy atom. The minimum Gasteiger partial charge on any atom is -0.394 e. The molecule has 0 radical (unpaired) electrons. The molecule has 0 amide bonds. The van der Waals surface area contributed by atoms with Crippen molar-refractivity contribution in [2.45, 2.75) is 12.1 Å². The first-order chi connectivity index (χ1) is 9.76. The first-order valence-corrected chi connectivity index (χ1v) is 6.70. The van der Waals surface area contributed by atoms with Crippen LogP contribution < -0.4 is 5.32 Å². The molecule has 2 aromatic rings. The van der Waals surface area contributed by atoms with Crippen molar-refractivity contribution in [2.24, 2.45) is 0 Å². The molecule has 3 nitrogen and oxygen atoms in total. The lowest BCUT2D eigenvalue weighted by Crippen LogP contribution is -2.28. The average molecular weight is 287 g/mol. The summed E-state index contributed by atoms with van der Waals surface area (Å²) in [5, 5.41) is 22.5. The molecule has 0 aliphatic rings. The molecule has 0 saturated carbocycles. The Morgan fingerprint density at radius 2 is 1.75 bits per heavy atom. The van der Waals surface area contributed by atoms with E-state index in [1.54, 1.807) is 6.07 Å². The molecule has 20 heavy (non-hydrogen) atoms. The van der Waals surface area contributed by atoms with Crippen molar-refractivity contribution in [1.82, 2.24) is 5.32 Å². The molecular formula is C16H15ClN2O. The summed E-state index contributed by atoms with van der Waals surface area (Å²) in [4.78, 5) is 0. The SMILES string of the molecule is N#C[C@@H](N[C@@H](CO)c1ccccc1)c1ccccc1Cl. The number of hydrogen-bond acceptors (Lipinski definition) is 3. The van der Waals surface area contributed by atoms with Crippen molar-refractivity contribution >= 4 is 11.6 Å². The molecular weight excluding hydrogens is 272 g/mol. The molecule has 4 heteroatoms. The highest BCUT2D eigenvalue weighted by Crippen LogP contribution is 2.25. The Labute approximate surface area is 123 Å². The van der Waals surface area contributed by atoms with Gasteiger partial charge in [-0.1, -0.05) is 60.1 Å². The monoisotopic (exact) mass is 286 g/mol. The van der Waals surface area contributed by atoms with Crippen molar-refractivity contribution in [3.8, 4) is 6.07 Å². The molecule has 2 aromatic carbocycles. The fraction of sp³-hybridized carbons (Fsp3) is 0.188. The largest absolute Gasteiger partial charge is 0.394 e. The Hall–Kier alpha value is -1.86. The maximum atomic E-state index is 9.54. The molecule has 2 N–H and O–H groups in total. The third kappa shape index (κ3) is 3.37. The number of benzene rings is 2. The molecule has 102 valence electrons. The van der Waals surface area contributed by atoms with E-state index < -0.39 is 6.04 Å². The van der Waals surface area contributed by atoms with E-state index in [9.17, 15) is 10.4 Å². The molecule has 2 rings (SSSR count). The van der Waals surface area contributed by atoms with Crippen molar-refractivity contribution in [1.29, 1.82) is 5.26 Å². The molecule has 0 saturated heterocycles. The third-order valence-corrected chi connectivity index (χ3v) is 3.44. The topological polar surface area (TPSA) is 56.0 Å². The van der Waals surface area contributed by atoms with Gasteiger partial charge in [0.2, 0.25) is 0 Å². The Bertz CT molecular complexity index is 595. The van der Waals surface area contributed by atoms with Gasteiger partial charge in [-0.15, -0.1) is 0 Å². The van der Waals surface area contributed by atoms with Crippen molar-refractivity contribution in [3.63, 3.8) is 0 Å². The van der Waals surface area contributed by atoms with Crippen LogP contribution in [0.25, 0.3) is 0 Å². The second-order valence-electron chi connectivity index (χ2n) is 4.40. The zero-order valence-electron chi connectivity index (χ0n) is 10.8. The summed E-state index contributed by atoms with van der Waals surface area (Å²) in [5.74, 6) is 0.